The van der Waals surface area contributed by atoms with Crippen molar-refractivity contribution in [2.24, 2.45) is 0 Å². The van der Waals surface area contributed by atoms with Gasteiger partial charge in [-0.15, -0.1) is 0 Å². The van der Waals surface area contributed by atoms with Crippen LogP contribution in [0.5, 0.6) is 0 Å². The lowest BCUT2D eigenvalue weighted by atomic mass is 9.96. The van der Waals surface area contributed by atoms with Crippen molar-refractivity contribution < 1.29 is 9.90 Å². The van der Waals surface area contributed by atoms with Gasteiger partial charge in [0.15, 0.2) is 0 Å². The van der Waals surface area contributed by atoms with Gasteiger partial charge >= 0.3 is 0 Å². The second-order valence-corrected chi connectivity index (χ2v) is 3.86. The minimum atomic E-state index is -0.288. The van der Waals surface area contributed by atoms with Crippen LogP contribution in [0.1, 0.15) is 26.2 Å². The van der Waals surface area contributed by atoms with Crippen molar-refractivity contribution in [2.45, 2.75) is 37.8 Å². The van der Waals surface area contributed by atoms with Gasteiger partial charge in [-0.2, -0.15) is 0 Å². The van der Waals surface area contributed by atoms with Crippen molar-refractivity contribution in [3.63, 3.8) is 0 Å². The molecule has 0 bridgehead atoms. The molecule has 11 heavy (non-hydrogen) atoms. The minimum Gasteiger partial charge on any atom is -0.391 e. The summed E-state index contributed by atoms with van der Waals surface area (Å²) in [5, 5.41) is 9.32. The summed E-state index contributed by atoms with van der Waals surface area (Å²) in [6.07, 6.45) is 2.06. The third-order valence-corrected chi connectivity index (χ3v) is 2.90. The number of β-amino-alcohol motifs (C(OH)–C–C–N with tert-alkyl or cyclic N) is 1. The van der Waals surface area contributed by atoms with Crippen LogP contribution in [0.3, 0.4) is 0 Å². The maximum absolute atomic E-state index is 11.2. The maximum Gasteiger partial charge on any atom is 0.223 e. The van der Waals surface area contributed by atoms with E-state index in [0.717, 1.165) is 12.8 Å². The normalized spacial score (nSPS) is 43.3. The van der Waals surface area contributed by atoms with E-state index in [0.29, 0.717) is 13.0 Å². The summed E-state index contributed by atoms with van der Waals surface area (Å²) in [6, 6.07) is 0. The number of carbonyl (C=O) groups is 1. The molecule has 0 radical (unpaired) electrons. The Kier molecular flexibility index (Phi) is 1.27. The van der Waals surface area contributed by atoms with Crippen molar-refractivity contribution in [2.75, 3.05) is 6.54 Å². The molecule has 2 fully saturated rings. The average molecular weight is 155 g/mol. The topological polar surface area (TPSA) is 40.5 Å². The number of hydrogen-bond donors (Lipinski definition) is 1. The zero-order valence-corrected chi connectivity index (χ0v) is 6.71. The summed E-state index contributed by atoms with van der Waals surface area (Å²) in [7, 11) is 0. The average Bonchev–Trinajstić information content (AvgIpc) is 2.32. The van der Waals surface area contributed by atoms with Crippen molar-refractivity contribution in [1.82, 2.24) is 4.90 Å². The van der Waals surface area contributed by atoms with E-state index in [2.05, 4.69) is 6.92 Å². The summed E-state index contributed by atoms with van der Waals surface area (Å²) in [4.78, 5) is 13.1. The Morgan fingerprint density at radius 1 is 1.73 bits per heavy atom. The van der Waals surface area contributed by atoms with Gasteiger partial charge in [-0.05, 0) is 19.8 Å². The highest BCUT2D eigenvalue weighted by molar-refractivity contribution is 5.80. The van der Waals surface area contributed by atoms with Crippen LogP contribution < -0.4 is 0 Å². The van der Waals surface area contributed by atoms with Gasteiger partial charge < -0.3 is 10.0 Å². The molecule has 0 spiro atoms. The standard InChI is InChI=1S/C8H13NO2/c1-8-3-2-7(11)9(8)5-6(10)4-8/h6,10H,2-5H2,1H3/t6-,8-/m0/s1. The quantitative estimate of drug-likeness (QED) is 0.540. The van der Waals surface area contributed by atoms with Crippen molar-refractivity contribution in [3.05, 3.63) is 0 Å². The number of carbonyl (C=O) groups excluding carboxylic acids is 1. The summed E-state index contributed by atoms with van der Waals surface area (Å²) in [5.74, 6) is 0.212. The number of fused-ring (bicyclic) bond motifs is 1. The molecule has 2 aliphatic heterocycles. The van der Waals surface area contributed by atoms with Gasteiger partial charge in [-0.1, -0.05) is 0 Å². The van der Waals surface area contributed by atoms with Crippen LogP contribution in [0, 0.1) is 0 Å². The van der Waals surface area contributed by atoms with E-state index in [4.69, 9.17) is 0 Å². The fourth-order valence-corrected chi connectivity index (χ4v) is 2.26. The van der Waals surface area contributed by atoms with E-state index in [9.17, 15) is 9.90 Å². The summed E-state index contributed by atoms with van der Waals surface area (Å²) in [5.41, 5.74) is -0.0174. The molecule has 3 nitrogen and oxygen atoms in total. The summed E-state index contributed by atoms with van der Waals surface area (Å²) >= 11 is 0. The Hall–Kier alpha value is -0.570. The first-order chi connectivity index (χ1) is 5.12. The first-order valence-electron chi connectivity index (χ1n) is 4.10. The van der Waals surface area contributed by atoms with Crippen LogP contribution >= 0.6 is 0 Å². The van der Waals surface area contributed by atoms with E-state index in [1.165, 1.54) is 0 Å². The Balaban J connectivity index is 2.24. The molecule has 0 aromatic heterocycles. The lowest BCUT2D eigenvalue weighted by Gasteiger charge is -2.26. The van der Waals surface area contributed by atoms with Crippen molar-refractivity contribution >= 4 is 5.91 Å². The smallest absolute Gasteiger partial charge is 0.223 e. The fourth-order valence-electron chi connectivity index (χ4n) is 2.26. The van der Waals surface area contributed by atoms with Gasteiger partial charge in [0.05, 0.1) is 6.10 Å². The van der Waals surface area contributed by atoms with Gasteiger partial charge in [0.2, 0.25) is 5.91 Å². The Labute approximate surface area is 66.0 Å². The molecule has 1 N–H and O–H groups in total. The Bertz CT molecular complexity index is 204. The Morgan fingerprint density at radius 3 is 3.09 bits per heavy atom. The largest absolute Gasteiger partial charge is 0.391 e. The molecule has 0 saturated carbocycles. The van der Waals surface area contributed by atoms with E-state index in [-0.39, 0.29) is 17.6 Å². The zero-order chi connectivity index (χ0) is 8.06. The van der Waals surface area contributed by atoms with Gasteiger partial charge in [0.25, 0.3) is 0 Å². The molecule has 2 atom stereocenters. The van der Waals surface area contributed by atoms with Crippen LogP contribution in [0.25, 0.3) is 0 Å². The van der Waals surface area contributed by atoms with Gasteiger partial charge in [-0.25, -0.2) is 0 Å². The minimum absolute atomic E-state index is 0.0174. The van der Waals surface area contributed by atoms with Crippen LogP contribution in [-0.2, 0) is 4.79 Å². The third kappa shape index (κ3) is 0.872. The molecule has 0 unspecified atom stereocenters. The van der Waals surface area contributed by atoms with Gasteiger partial charge in [0, 0.05) is 18.5 Å². The lowest BCUT2D eigenvalue weighted by Crippen LogP contribution is -2.37. The van der Waals surface area contributed by atoms with E-state index >= 15 is 0 Å². The molecule has 0 aliphatic carbocycles. The lowest BCUT2D eigenvalue weighted by molar-refractivity contribution is -0.129. The molecule has 2 heterocycles. The van der Waals surface area contributed by atoms with Crippen LogP contribution in [0.2, 0.25) is 0 Å². The number of nitrogens with zero attached hydrogens (tertiary/aromatic N) is 1. The maximum atomic E-state index is 11.2. The van der Waals surface area contributed by atoms with E-state index in [1.807, 2.05) is 4.90 Å². The van der Waals surface area contributed by atoms with E-state index < -0.39 is 0 Å². The highest BCUT2D eigenvalue weighted by atomic mass is 16.3. The molecule has 0 aromatic carbocycles. The van der Waals surface area contributed by atoms with Crippen LogP contribution in [0.4, 0.5) is 0 Å². The first kappa shape index (κ1) is 7.10. The molecule has 2 rings (SSSR count). The first-order valence-corrected chi connectivity index (χ1v) is 4.10. The number of amides is 1. The van der Waals surface area contributed by atoms with E-state index in [1.54, 1.807) is 0 Å². The molecule has 3 heteroatoms. The molecule has 0 aromatic rings. The Morgan fingerprint density at radius 2 is 2.45 bits per heavy atom. The van der Waals surface area contributed by atoms with Crippen molar-refractivity contribution in [3.8, 4) is 0 Å². The fraction of sp³-hybridized carbons (Fsp3) is 0.875. The van der Waals surface area contributed by atoms with Gasteiger partial charge in [0.1, 0.15) is 0 Å². The predicted molar refractivity (Wildman–Crippen MR) is 40.0 cm³/mol. The number of rotatable bonds is 0. The molecular weight excluding hydrogens is 142 g/mol. The molecule has 2 saturated heterocycles. The second-order valence-electron chi connectivity index (χ2n) is 3.86. The van der Waals surface area contributed by atoms with Crippen LogP contribution in [-0.4, -0.2) is 34.1 Å². The summed E-state index contributed by atoms with van der Waals surface area (Å²) < 4.78 is 0. The highest BCUT2D eigenvalue weighted by Crippen LogP contribution is 2.38. The molecular formula is C8H13NO2. The number of aliphatic hydroxyl groups excluding tert-OH is 1. The number of aliphatic hydroxyl groups is 1. The monoisotopic (exact) mass is 155 g/mol. The second kappa shape index (κ2) is 1.97. The third-order valence-electron chi connectivity index (χ3n) is 2.90. The van der Waals surface area contributed by atoms with Gasteiger partial charge in [-0.3, -0.25) is 4.79 Å². The molecule has 1 amide bonds. The SMILES string of the molecule is C[C@@]12CCC(=O)N1C[C@@H](O)C2. The highest BCUT2D eigenvalue weighted by Gasteiger charge is 2.47. The number of hydrogen-bond acceptors (Lipinski definition) is 2. The predicted octanol–water partition coefficient (Wildman–Crippen LogP) is 0.132. The molecule has 62 valence electrons. The van der Waals surface area contributed by atoms with Crippen molar-refractivity contribution in [1.29, 1.82) is 0 Å². The summed E-state index contributed by atoms with van der Waals surface area (Å²) in [6.45, 7) is 2.61. The molecule has 2 aliphatic rings. The van der Waals surface area contributed by atoms with Crippen LogP contribution in [0.15, 0.2) is 0 Å². The zero-order valence-electron chi connectivity index (χ0n) is 6.71.